The first-order valence-corrected chi connectivity index (χ1v) is 10.9. The van der Waals surface area contributed by atoms with Crippen molar-refractivity contribution in [3.63, 3.8) is 0 Å². The molecule has 0 spiro atoms. The number of nitrogens with one attached hydrogen (secondary N) is 1. The van der Waals surface area contributed by atoms with Gasteiger partial charge in [0.25, 0.3) is 0 Å². The maximum atomic E-state index is 12.4. The number of rotatable bonds is 9. The molecular weight excluding hydrogens is 392 g/mol. The molecule has 0 unspecified atom stereocenters. The Balaban J connectivity index is 1.73. The van der Waals surface area contributed by atoms with E-state index >= 15 is 0 Å². The van der Waals surface area contributed by atoms with E-state index in [4.69, 9.17) is 11.6 Å². The van der Waals surface area contributed by atoms with Gasteiger partial charge in [-0.1, -0.05) is 29.8 Å². The molecule has 0 radical (unpaired) electrons. The lowest BCUT2D eigenvalue weighted by Crippen LogP contribution is -2.38. The van der Waals surface area contributed by atoms with E-state index in [1.54, 1.807) is 11.8 Å². The summed E-state index contributed by atoms with van der Waals surface area (Å²) >= 11 is 7.49. The molecule has 0 atom stereocenters. The van der Waals surface area contributed by atoms with Crippen LogP contribution in [0.25, 0.3) is 0 Å². The van der Waals surface area contributed by atoms with Gasteiger partial charge in [0.2, 0.25) is 15.9 Å². The highest BCUT2D eigenvalue weighted by molar-refractivity contribution is 7.99. The minimum absolute atomic E-state index is 0.108. The van der Waals surface area contributed by atoms with Crippen LogP contribution in [0.4, 0.5) is 0 Å². The lowest BCUT2D eigenvalue weighted by Gasteiger charge is -2.17. The van der Waals surface area contributed by atoms with Crippen molar-refractivity contribution in [1.29, 1.82) is 0 Å². The first-order chi connectivity index (χ1) is 12.4. The molecule has 2 aromatic rings. The normalized spacial score (nSPS) is 11.5. The molecule has 1 amide bonds. The molecule has 26 heavy (non-hydrogen) atoms. The van der Waals surface area contributed by atoms with E-state index in [0.717, 1.165) is 16.5 Å². The Kier molecular flexibility index (Phi) is 7.96. The third-order valence-electron chi connectivity index (χ3n) is 3.54. The van der Waals surface area contributed by atoms with Crippen LogP contribution in [0.2, 0.25) is 5.02 Å². The second kappa shape index (κ2) is 9.97. The van der Waals surface area contributed by atoms with E-state index in [2.05, 4.69) is 5.32 Å². The second-order valence-corrected chi connectivity index (χ2v) is 9.23. The lowest BCUT2D eigenvalue weighted by molar-refractivity contribution is -0.121. The molecule has 2 aromatic carbocycles. The fraction of sp³-hybridized carbons (Fsp3) is 0.278. The topological polar surface area (TPSA) is 66.5 Å². The van der Waals surface area contributed by atoms with Crippen molar-refractivity contribution in [1.82, 2.24) is 9.62 Å². The Hall–Kier alpha value is -1.54. The van der Waals surface area contributed by atoms with Crippen molar-refractivity contribution >= 4 is 39.3 Å². The van der Waals surface area contributed by atoms with Gasteiger partial charge in [0, 0.05) is 23.5 Å². The molecule has 0 aromatic heterocycles. The molecule has 140 valence electrons. The van der Waals surface area contributed by atoms with Crippen LogP contribution in [0.15, 0.2) is 64.4 Å². The summed E-state index contributed by atoms with van der Waals surface area (Å²) in [5.41, 5.74) is 0. The van der Waals surface area contributed by atoms with Crippen LogP contribution in [-0.2, 0) is 14.8 Å². The molecule has 0 aliphatic carbocycles. The highest BCUT2D eigenvalue weighted by atomic mass is 35.5. The second-order valence-electron chi connectivity index (χ2n) is 5.58. The number of carbonyl (C=O) groups excluding carboxylic acids is 1. The largest absolute Gasteiger partial charge is 0.355 e. The predicted octanol–water partition coefficient (Wildman–Crippen LogP) is 3.26. The highest BCUT2D eigenvalue weighted by Gasteiger charge is 2.22. The standard InChI is InChI=1S/C18H21ClN2O3S2/c1-21(26(23,24)17-10-8-15(19)9-11-17)14-18(22)20-12-5-13-25-16-6-3-2-4-7-16/h2-4,6-11H,5,12-14H2,1H3,(H,20,22). The maximum Gasteiger partial charge on any atom is 0.243 e. The average Bonchev–Trinajstić information content (AvgIpc) is 2.62. The highest BCUT2D eigenvalue weighted by Crippen LogP contribution is 2.18. The average molecular weight is 413 g/mol. The van der Waals surface area contributed by atoms with Gasteiger partial charge >= 0.3 is 0 Å². The van der Waals surface area contributed by atoms with E-state index in [0.29, 0.717) is 11.6 Å². The molecule has 1 N–H and O–H groups in total. The zero-order valence-corrected chi connectivity index (χ0v) is 16.8. The van der Waals surface area contributed by atoms with Crippen molar-refractivity contribution in [2.45, 2.75) is 16.2 Å². The summed E-state index contributed by atoms with van der Waals surface area (Å²) in [6.45, 7) is 0.282. The molecule has 5 nitrogen and oxygen atoms in total. The number of carbonyl (C=O) groups is 1. The Morgan fingerprint density at radius 3 is 2.42 bits per heavy atom. The molecule has 2 rings (SSSR count). The molecular formula is C18H21ClN2O3S2. The number of benzene rings is 2. The third kappa shape index (κ3) is 6.32. The summed E-state index contributed by atoms with van der Waals surface area (Å²) in [5.74, 6) is 0.554. The smallest absolute Gasteiger partial charge is 0.243 e. The van der Waals surface area contributed by atoms with Crippen LogP contribution in [0.5, 0.6) is 0 Å². The van der Waals surface area contributed by atoms with E-state index in [1.807, 2.05) is 30.3 Å². The van der Waals surface area contributed by atoms with Gasteiger partial charge in [-0.2, -0.15) is 4.31 Å². The number of halogens is 1. The fourth-order valence-corrected chi connectivity index (χ4v) is 4.26. The SMILES string of the molecule is CN(CC(=O)NCCCSc1ccccc1)S(=O)(=O)c1ccc(Cl)cc1. The van der Waals surface area contributed by atoms with E-state index < -0.39 is 10.0 Å². The van der Waals surface area contributed by atoms with Crippen molar-refractivity contribution in [2.75, 3.05) is 25.9 Å². The molecule has 0 saturated heterocycles. The molecule has 0 bridgehead atoms. The fourth-order valence-electron chi connectivity index (χ4n) is 2.14. The third-order valence-corrected chi connectivity index (χ3v) is 6.71. The van der Waals surface area contributed by atoms with Crippen molar-refractivity contribution < 1.29 is 13.2 Å². The molecule has 0 aliphatic rings. The van der Waals surface area contributed by atoms with Gasteiger partial charge in [0.15, 0.2) is 0 Å². The van der Waals surface area contributed by atoms with Gasteiger partial charge in [-0.3, -0.25) is 4.79 Å². The van der Waals surface area contributed by atoms with Crippen LogP contribution < -0.4 is 5.32 Å². The Morgan fingerprint density at radius 1 is 1.12 bits per heavy atom. The summed E-state index contributed by atoms with van der Waals surface area (Å²) in [7, 11) is -2.33. The number of hydrogen-bond acceptors (Lipinski definition) is 4. The summed E-state index contributed by atoms with van der Waals surface area (Å²) in [5, 5.41) is 3.21. The zero-order chi connectivity index (χ0) is 19.0. The first-order valence-electron chi connectivity index (χ1n) is 8.06. The van der Waals surface area contributed by atoms with Crippen LogP contribution in [-0.4, -0.2) is 44.5 Å². The number of nitrogens with zero attached hydrogens (tertiary/aromatic N) is 1. The van der Waals surface area contributed by atoms with Gasteiger partial charge in [0.1, 0.15) is 0 Å². The molecule has 0 saturated carbocycles. The number of likely N-dealkylation sites (N-methyl/N-ethyl adjacent to an activating group) is 1. The molecule has 0 heterocycles. The van der Waals surface area contributed by atoms with E-state index in [-0.39, 0.29) is 17.3 Å². The van der Waals surface area contributed by atoms with E-state index in [1.165, 1.54) is 36.2 Å². The van der Waals surface area contributed by atoms with Gasteiger partial charge < -0.3 is 5.32 Å². The van der Waals surface area contributed by atoms with Crippen molar-refractivity contribution in [3.05, 3.63) is 59.6 Å². The number of hydrogen-bond donors (Lipinski definition) is 1. The number of amides is 1. The molecule has 8 heteroatoms. The van der Waals surface area contributed by atoms with E-state index in [9.17, 15) is 13.2 Å². The summed E-state index contributed by atoms with van der Waals surface area (Å²) in [6, 6.07) is 15.9. The maximum absolute atomic E-state index is 12.4. The number of thioether (sulfide) groups is 1. The lowest BCUT2D eigenvalue weighted by atomic mass is 10.4. The van der Waals surface area contributed by atoms with Gasteiger partial charge in [-0.25, -0.2) is 8.42 Å². The van der Waals surface area contributed by atoms with Crippen LogP contribution in [0, 0.1) is 0 Å². The Morgan fingerprint density at radius 2 is 1.77 bits per heavy atom. The monoisotopic (exact) mass is 412 g/mol. The van der Waals surface area contributed by atoms with Gasteiger partial charge in [-0.05, 0) is 48.6 Å². The summed E-state index contributed by atoms with van der Waals surface area (Å²) < 4.78 is 25.9. The minimum atomic E-state index is -3.71. The van der Waals surface area contributed by atoms with Crippen LogP contribution >= 0.6 is 23.4 Å². The summed E-state index contributed by atoms with van der Waals surface area (Å²) in [4.78, 5) is 13.3. The first kappa shape index (κ1) is 20.8. The summed E-state index contributed by atoms with van der Waals surface area (Å²) in [6.07, 6.45) is 0.805. The molecule has 0 fully saturated rings. The Bertz CT molecular complexity index is 812. The molecule has 0 aliphatic heterocycles. The van der Waals surface area contributed by atoms with Crippen LogP contribution in [0.3, 0.4) is 0 Å². The zero-order valence-electron chi connectivity index (χ0n) is 14.4. The predicted molar refractivity (Wildman–Crippen MR) is 106 cm³/mol. The minimum Gasteiger partial charge on any atom is -0.355 e. The van der Waals surface area contributed by atoms with Gasteiger partial charge in [-0.15, -0.1) is 11.8 Å². The van der Waals surface area contributed by atoms with Crippen molar-refractivity contribution in [2.24, 2.45) is 0 Å². The van der Waals surface area contributed by atoms with Crippen molar-refractivity contribution in [3.8, 4) is 0 Å². The van der Waals surface area contributed by atoms with Gasteiger partial charge in [0.05, 0.1) is 11.4 Å². The number of sulfonamides is 1. The van der Waals surface area contributed by atoms with Crippen LogP contribution in [0.1, 0.15) is 6.42 Å². The Labute approximate surface area is 163 Å². The quantitative estimate of drug-likeness (QED) is 0.507.